The van der Waals surface area contributed by atoms with E-state index in [9.17, 15) is 14.0 Å². The Bertz CT molecular complexity index is 1110. The quantitative estimate of drug-likeness (QED) is 0.590. The summed E-state index contributed by atoms with van der Waals surface area (Å²) in [6, 6.07) is 12.7. The number of hydrogen-bond donors (Lipinski definition) is 1. The van der Waals surface area contributed by atoms with Crippen LogP contribution in [0.3, 0.4) is 0 Å². The molecule has 4 nitrogen and oxygen atoms in total. The predicted octanol–water partition coefficient (Wildman–Crippen LogP) is 5.31. The second kappa shape index (κ2) is 6.72. The molecule has 3 aromatic rings. The minimum Gasteiger partial charge on any atom is -0.497 e. The first-order chi connectivity index (χ1) is 13.4. The third-order valence-electron chi connectivity index (χ3n) is 5.01. The zero-order valence-electron chi connectivity index (χ0n) is 15.0. The van der Waals surface area contributed by atoms with Gasteiger partial charge in [-0.05, 0) is 42.3 Å². The summed E-state index contributed by atoms with van der Waals surface area (Å²) in [5, 5.41) is 3.18. The molecule has 28 heavy (non-hydrogen) atoms. The Morgan fingerprint density at radius 2 is 1.82 bits per heavy atom. The molecule has 7 heteroatoms. The molecule has 1 amide bonds. The Hall–Kier alpha value is -2.70. The Morgan fingerprint density at radius 1 is 1.11 bits per heavy atom. The lowest BCUT2D eigenvalue weighted by Crippen LogP contribution is -2.48. The molecule has 0 aliphatic carbocycles. The van der Waals surface area contributed by atoms with Crippen LogP contribution in [0, 0.1) is 5.82 Å². The van der Waals surface area contributed by atoms with E-state index in [1.165, 1.54) is 25.1 Å². The summed E-state index contributed by atoms with van der Waals surface area (Å²) >= 11 is 7.58. The number of nitrogens with one attached hydrogen (secondary N) is 1. The number of amides is 1. The van der Waals surface area contributed by atoms with Crippen molar-refractivity contribution < 1.29 is 18.7 Å². The molecule has 1 unspecified atom stereocenters. The summed E-state index contributed by atoms with van der Waals surface area (Å²) in [5.74, 6) is -0.752. The number of halogens is 2. The minimum atomic E-state index is -1.55. The molecule has 2 aromatic carbocycles. The van der Waals surface area contributed by atoms with Gasteiger partial charge in [-0.25, -0.2) is 4.39 Å². The van der Waals surface area contributed by atoms with Crippen LogP contribution in [0.15, 0.2) is 48.5 Å². The maximum absolute atomic E-state index is 13.8. The normalized spacial score (nSPS) is 18.6. The number of Topliss-reactive ketones (excluding diaryl/α,β-unsaturated/α-hetero) is 1. The fourth-order valence-corrected chi connectivity index (χ4v) is 4.74. The molecule has 2 heterocycles. The highest BCUT2D eigenvalue weighted by molar-refractivity contribution is 7.21. The van der Waals surface area contributed by atoms with Gasteiger partial charge in [0.2, 0.25) is 5.91 Å². The van der Waals surface area contributed by atoms with Gasteiger partial charge in [-0.3, -0.25) is 9.59 Å². The molecule has 0 bridgehead atoms. The first-order valence-electron chi connectivity index (χ1n) is 8.45. The summed E-state index contributed by atoms with van der Waals surface area (Å²) < 4.78 is 19.4. The van der Waals surface area contributed by atoms with Crippen LogP contribution in [0.2, 0.25) is 4.34 Å². The largest absolute Gasteiger partial charge is 0.497 e. The van der Waals surface area contributed by atoms with Crippen LogP contribution in [-0.2, 0) is 10.2 Å². The zero-order valence-corrected chi connectivity index (χ0v) is 16.6. The molecule has 0 spiro atoms. The van der Waals surface area contributed by atoms with E-state index in [0.717, 1.165) is 16.9 Å². The summed E-state index contributed by atoms with van der Waals surface area (Å²) in [6.45, 7) is 1.51. The number of benzene rings is 2. The van der Waals surface area contributed by atoms with E-state index in [1.54, 1.807) is 37.4 Å². The molecule has 0 saturated heterocycles. The van der Waals surface area contributed by atoms with E-state index in [4.69, 9.17) is 16.3 Å². The maximum atomic E-state index is 13.8. The summed E-state index contributed by atoms with van der Waals surface area (Å²) in [4.78, 5) is 26.4. The standard InChI is InChI=1S/C21H15ClFNO3S/c1-21(12-4-3-5-13(23)10-12)17(25)16-15(11-6-8-14(27-2)9-7-11)18(22)28-19(16)24-20(21)26/h3-10H,1-2H3,(H,24,26). The van der Waals surface area contributed by atoms with Crippen LogP contribution in [0.4, 0.5) is 9.39 Å². The van der Waals surface area contributed by atoms with Crippen LogP contribution in [-0.4, -0.2) is 18.8 Å². The minimum absolute atomic E-state index is 0.295. The number of ketones is 1. The first kappa shape index (κ1) is 18.7. The number of thiophene rings is 1. The fourth-order valence-electron chi connectivity index (χ4n) is 3.37. The third-order valence-corrected chi connectivity index (χ3v) is 6.32. The van der Waals surface area contributed by atoms with Gasteiger partial charge in [0.05, 0.1) is 12.7 Å². The molecule has 1 aliphatic rings. The Kier molecular flexibility index (Phi) is 4.48. The molecule has 1 atom stereocenters. The van der Waals surface area contributed by atoms with E-state index in [0.29, 0.717) is 31.8 Å². The summed E-state index contributed by atoms with van der Waals surface area (Å²) in [6.07, 6.45) is 0. The zero-order chi connectivity index (χ0) is 20.1. The number of methoxy groups -OCH3 is 1. The maximum Gasteiger partial charge on any atom is 0.243 e. The van der Waals surface area contributed by atoms with Crippen molar-refractivity contribution in [2.45, 2.75) is 12.3 Å². The van der Waals surface area contributed by atoms with E-state index < -0.39 is 22.9 Å². The lowest BCUT2D eigenvalue weighted by molar-refractivity contribution is -0.119. The van der Waals surface area contributed by atoms with Gasteiger partial charge in [-0.15, -0.1) is 11.3 Å². The summed E-state index contributed by atoms with van der Waals surface area (Å²) in [7, 11) is 1.57. The highest BCUT2D eigenvalue weighted by Crippen LogP contribution is 2.49. The van der Waals surface area contributed by atoms with Crippen molar-refractivity contribution in [3.63, 3.8) is 0 Å². The number of ether oxygens (including phenoxy) is 1. The van der Waals surface area contributed by atoms with Gasteiger partial charge in [0, 0.05) is 5.56 Å². The number of hydrogen-bond acceptors (Lipinski definition) is 4. The Labute approximate surface area is 169 Å². The van der Waals surface area contributed by atoms with Crippen molar-refractivity contribution in [2.75, 3.05) is 12.4 Å². The van der Waals surface area contributed by atoms with Gasteiger partial charge >= 0.3 is 0 Å². The SMILES string of the molecule is COc1ccc(-c2c(Cl)sc3c2C(=O)C(C)(c2cccc(F)c2)C(=O)N3)cc1. The van der Waals surface area contributed by atoms with Gasteiger partial charge in [0.1, 0.15) is 26.3 Å². The lowest BCUT2D eigenvalue weighted by atomic mass is 9.73. The molecule has 142 valence electrons. The average Bonchev–Trinajstić information content (AvgIpc) is 3.02. The van der Waals surface area contributed by atoms with Crippen molar-refractivity contribution in [1.82, 2.24) is 0 Å². The van der Waals surface area contributed by atoms with Gasteiger partial charge in [-0.1, -0.05) is 35.9 Å². The van der Waals surface area contributed by atoms with E-state index in [2.05, 4.69) is 5.32 Å². The molecule has 0 fully saturated rings. The lowest BCUT2D eigenvalue weighted by Gasteiger charge is -2.31. The van der Waals surface area contributed by atoms with Crippen LogP contribution in [0.5, 0.6) is 5.75 Å². The second-order valence-electron chi connectivity index (χ2n) is 6.60. The van der Waals surface area contributed by atoms with Crippen LogP contribution < -0.4 is 10.1 Å². The van der Waals surface area contributed by atoms with Gasteiger partial charge in [-0.2, -0.15) is 0 Å². The van der Waals surface area contributed by atoms with E-state index in [-0.39, 0.29) is 0 Å². The number of anilines is 1. The molecule has 0 radical (unpaired) electrons. The van der Waals surface area contributed by atoms with E-state index >= 15 is 0 Å². The van der Waals surface area contributed by atoms with Crippen molar-refractivity contribution >= 4 is 39.6 Å². The molecule has 1 aliphatic heterocycles. The third kappa shape index (κ3) is 2.72. The topological polar surface area (TPSA) is 55.4 Å². The van der Waals surface area contributed by atoms with Crippen molar-refractivity contribution in [3.05, 3.63) is 69.8 Å². The van der Waals surface area contributed by atoms with Crippen molar-refractivity contribution in [1.29, 1.82) is 0 Å². The predicted molar refractivity (Wildman–Crippen MR) is 108 cm³/mol. The van der Waals surface area contributed by atoms with Crippen LogP contribution in [0.1, 0.15) is 22.8 Å². The number of rotatable bonds is 3. The van der Waals surface area contributed by atoms with Crippen molar-refractivity contribution in [3.8, 4) is 16.9 Å². The summed E-state index contributed by atoms with van der Waals surface area (Å²) in [5.41, 5.74) is 0.363. The molecule has 0 saturated carbocycles. The second-order valence-corrected chi connectivity index (χ2v) is 8.22. The monoisotopic (exact) mass is 415 g/mol. The molecular formula is C21H15ClFNO3S. The number of fused-ring (bicyclic) bond motifs is 1. The van der Waals surface area contributed by atoms with Gasteiger partial charge in [0.25, 0.3) is 0 Å². The van der Waals surface area contributed by atoms with Crippen LogP contribution >= 0.6 is 22.9 Å². The molecule has 4 rings (SSSR count). The molecular weight excluding hydrogens is 401 g/mol. The molecule has 1 N–H and O–H groups in total. The fraction of sp³-hybridized carbons (Fsp3) is 0.143. The highest BCUT2D eigenvalue weighted by Gasteiger charge is 2.49. The van der Waals surface area contributed by atoms with Gasteiger partial charge < -0.3 is 10.1 Å². The van der Waals surface area contributed by atoms with E-state index in [1.807, 2.05) is 0 Å². The smallest absolute Gasteiger partial charge is 0.243 e. The first-order valence-corrected chi connectivity index (χ1v) is 9.64. The number of carbonyl (C=O) groups is 2. The Balaban J connectivity index is 1.90. The highest BCUT2D eigenvalue weighted by atomic mass is 35.5. The Morgan fingerprint density at radius 3 is 2.46 bits per heavy atom. The van der Waals surface area contributed by atoms with Crippen molar-refractivity contribution in [2.24, 2.45) is 0 Å². The number of carbonyl (C=O) groups excluding carboxylic acids is 2. The van der Waals surface area contributed by atoms with Gasteiger partial charge in [0.15, 0.2) is 5.78 Å². The average molecular weight is 416 g/mol. The molecule has 1 aromatic heterocycles. The van der Waals surface area contributed by atoms with Crippen LogP contribution in [0.25, 0.3) is 11.1 Å².